The van der Waals surface area contributed by atoms with E-state index in [1.807, 2.05) is 30.5 Å². The van der Waals surface area contributed by atoms with Crippen LogP contribution in [0.2, 0.25) is 0 Å². The molecule has 116 valence electrons. The van der Waals surface area contributed by atoms with Gasteiger partial charge < -0.3 is 0 Å². The summed E-state index contributed by atoms with van der Waals surface area (Å²) < 4.78 is 0. The van der Waals surface area contributed by atoms with Gasteiger partial charge in [0.1, 0.15) is 0 Å². The van der Waals surface area contributed by atoms with E-state index in [9.17, 15) is 4.79 Å². The first-order valence-electron chi connectivity index (χ1n) is 8.26. The van der Waals surface area contributed by atoms with Gasteiger partial charge in [-0.2, -0.15) is 5.10 Å². The summed E-state index contributed by atoms with van der Waals surface area (Å²) in [5.74, 6) is 1.78. The number of fused-ring (bicyclic) bond motifs is 3. The molecule has 1 fully saturated rings. The minimum absolute atomic E-state index is 0.0590. The quantitative estimate of drug-likeness (QED) is 0.522. The van der Waals surface area contributed by atoms with Crippen LogP contribution in [-0.4, -0.2) is 12.1 Å². The first-order valence-corrected chi connectivity index (χ1v) is 8.26. The van der Waals surface area contributed by atoms with Crippen LogP contribution in [0.25, 0.3) is 10.8 Å². The van der Waals surface area contributed by atoms with Crippen molar-refractivity contribution in [3.8, 4) is 0 Å². The van der Waals surface area contributed by atoms with Crippen LogP contribution in [0, 0.1) is 17.8 Å². The van der Waals surface area contributed by atoms with Gasteiger partial charge in [-0.3, -0.25) is 4.79 Å². The molecule has 1 saturated carbocycles. The van der Waals surface area contributed by atoms with Crippen LogP contribution in [-0.2, 0) is 11.2 Å². The monoisotopic (exact) mass is 304 g/mol. The van der Waals surface area contributed by atoms with E-state index in [-0.39, 0.29) is 5.91 Å². The maximum absolute atomic E-state index is 12.2. The summed E-state index contributed by atoms with van der Waals surface area (Å²) in [7, 11) is 0. The van der Waals surface area contributed by atoms with Crippen molar-refractivity contribution in [2.45, 2.75) is 19.3 Å². The number of hydrogen-bond acceptors (Lipinski definition) is 2. The fraction of sp³-hybridized carbons (Fsp3) is 0.300. The van der Waals surface area contributed by atoms with E-state index in [0.29, 0.717) is 18.3 Å². The first kappa shape index (κ1) is 14.2. The van der Waals surface area contributed by atoms with Gasteiger partial charge in [-0.05, 0) is 41.0 Å². The standard InChI is InChI=1S/C20H20N2O/c23-20(22-21-13-18-11-14-8-9-16(18)10-14)12-17-6-3-5-15-4-1-2-7-19(15)17/h1-9,13-14,16,18H,10-12H2,(H,22,23). The van der Waals surface area contributed by atoms with Crippen LogP contribution in [0.3, 0.4) is 0 Å². The molecule has 0 radical (unpaired) electrons. The maximum atomic E-state index is 12.2. The Hall–Kier alpha value is -2.42. The molecule has 2 aliphatic carbocycles. The van der Waals surface area contributed by atoms with Gasteiger partial charge in [0.05, 0.1) is 6.42 Å². The maximum Gasteiger partial charge on any atom is 0.244 e. The minimum Gasteiger partial charge on any atom is -0.273 e. The predicted octanol–water partition coefficient (Wildman–Crippen LogP) is 3.70. The number of allylic oxidation sites excluding steroid dienone is 2. The van der Waals surface area contributed by atoms with Gasteiger partial charge in [-0.25, -0.2) is 5.43 Å². The highest BCUT2D eigenvalue weighted by atomic mass is 16.2. The number of amides is 1. The van der Waals surface area contributed by atoms with E-state index in [4.69, 9.17) is 0 Å². The third-order valence-corrected chi connectivity index (χ3v) is 5.02. The number of nitrogens with one attached hydrogen (secondary N) is 1. The van der Waals surface area contributed by atoms with Crippen molar-refractivity contribution in [1.82, 2.24) is 5.43 Å². The Morgan fingerprint density at radius 1 is 1.13 bits per heavy atom. The third kappa shape index (κ3) is 2.91. The Morgan fingerprint density at radius 2 is 2.00 bits per heavy atom. The highest BCUT2D eigenvalue weighted by Gasteiger charge is 2.34. The molecule has 0 saturated heterocycles. The van der Waals surface area contributed by atoms with Crippen molar-refractivity contribution >= 4 is 22.9 Å². The molecule has 0 aliphatic heterocycles. The molecule has 3 heteroatoms. The average molecular weight is 304 g/mol. The number of rotatable bonds is 4. The average Bonchev–Trinajstić information content (AvgIpc) is 3.18. The second-order valence-electron chi connectivity index (χ2n) is 6.57. The van der Waals surface area contributed by atoms with Gasteiger partial charge in [0, 0.05) is 12.1 Å². The Labute approximate surface area is 136 Å². The normalized spacial score (nSPS) is 25.5. The molecule has 0 heterocycles. The minimum atomic E-state index is -0.0590. The molecule has 23 heavy (non-hydrogen) atoms. The topological polar surface area (TPSA) is 41.5 Å². The highest BCUT2D eigenvalue weighted by molar-refractivity contribution is 5.90. The summed E-state index contributed by atoms with van der Waals surface area (Å²) in [5.41, 5.74) is 3.73. The van der Waals surface area contributed by atoms with Gasteiger partial charge in [0.15, 0.2) is 0 Å². The Kier molecular flexibility index (Phi) is 3.70. The Balaban J connectivity index is 1.39. The second kappa shape index (κ2) is 5.99. The SMILES string of the molecule is O=C(Cc1cccc2ccccc12)NN=CC1CC2C=CC1C2. The van der Waals surface area contributed by atoms with Crippen molar-refractivity contribution in [2.24, 2.45) is 22.9 Å². The lowest BCUT2D eigenvalue weighted by Crippen LogP contribution is -2.21. The van der Waals surface area contributed by atoms with Crippen LogP contribution in [0.4, 0.5) is 0 Å². The Bertz CT molecular complexity index is 788. The summed E-state index contributed by atoms with van der Waals surface area (Å²) in [6, 6.07) is 14.2. The van der Waals surface area contributed by atoms with Crippen LogP contribution >= 0.6 is 0 Å². The summed E-state index contributed by atoms with van der Waals surface area (Å²) in [5, 5.41) is 6.48. The summed E-state index contributed by atoms with van der Waals surface area (Å²) in [4.78, 5) is 12.2. The van der Waals surface area contributed by atoms with Gasteiger partial charge in [-0.15, -0.1) is 0 Å². The fourth-order valence-electron chi connectivity index (χ4n) is 3.86. The van der Waals surface area contributed by atoms with Crippen LogP contribution < -0.4 is 5.43 Å². The highest BCUT2D eigenvalue weighted by Crippen LogP contribution is 2.42. The van der Waals surface area contributed by atoms with E-state index in [1.54, 1.807) is 0 Å². The third-order valence-electron chi connectivity index (χ3n) is 5.02. The molecule has 2 aromatic rings. The molecule has 0 spiro atoms. The number of hydrazone groups is 1. The summed E-state index contributed by atoms with van der Waals surface area (Å²) in [6.45, 7) is 0. The van der Waals surface area contributed by atoms with E-state index >= 15 is 0 Å². The van der Waals surface area contributed by atoms with Crippen LogP contribution in [0.1, 0.15) is 18.4 Å². The number of nitrogens with zero attached hydrogens (tertiary/aromatic N) is 1. The van der Waals surface area contributed by atoms with Crippen molar-refractivity contribution in [1.29, 1.82) is 0 Å². The molecule has 2 aliphatic rings. The predicted molar refractivity (Wildman–Crippen MR) is 93.1 cm³/mol. The largest absolute Gasteiger partial charge is 0.273 e. The zero-order valence-electron chi connectivity index (χ0n) is 13.0. The Morgan fingerprint density at radius 3 is 2.83 bits per heavy atom. The number of carbonyl (C=O) groups excluding carboxylic acids is 1. The molecule has 2 bridgehead atoms. The molecule has 2 aromatic carbocycles. The van der Waals surface area contributed by atoms with Gasteiger partial charge >= 0.3 is 0 Å². The number of benzene rings is 2. The lowest BCUT2D eigenvalue weighted by molar-refractivity contribution is -0.120. The van der Waals surface area contributed by atoms with E-state index in [1.165, 1.54) is 12.8 Å². The van der Waals surface area contributed by atoms with Gasteiger partial charge in [-0.1, -0.05) is 54.6 Å². The molecule has 1 N–H and O–H groups in total. The number of carbonyl (C=O) groups is 1. The van der Waals surface area contributed by atoms with E-state index in [0.717, 1.165) is 22.3 Å². The first-order chi connectivity index (χ1) is 11.3. The van der Waals surface area contributed by atoms with Crippen LogP contribution in [0.5, 0.6) is 0 Å². The van der Waals surface area contributed by atoms with E-state index < -0.39 is 0 Å². The summed E-state index contributed by atoms with van der Waals surface area (Å²) >= 11 is 0. The molecular weight excluding hydrogens is 284 g/mol. The van der Waals surface area contributed by atoms with Gasteiger partial charge in [0.25, 0.3) is 0 Å². The van der Waals surface area contributed by atoms with E-state index in [2.05, 4.69) is 40.9 Å². The lowest BCUT2D eigenvalue weighted by atomic mass is 9.95. The molecule has 3 atom stereocenters. The van der Waals surface area contributed by atoms with Crippen molar-refractivity contribution < 1.29 is 4.79 Å². The van der Waals surface area contributed by atoms with Crippen molar-refractivity contribution in [2.75, 3.05) is 0 Å². The molecule has 4 rings (SSSR count). The molecule has 0 aromatic heterocycles. The van der Waals surface area contributed by atoms with Crippen molar-refractivity contribution in [3.63, 3.8) is 0 Å². The zero-order valence-corrected chi connectivity index (χ0v) is 13.0. The van der Waals surface area contributed by atoms with Crippen LogP contribution in [0.15, 0.2) is 59.7 Å². The summed E-state index contributed by atoms with van der Waals surface area (Å²) in [6.07, 6.45) is 9.31. The van der Waals surface area contributed by atoms with Gasteiger partial charge in [0.2, 0.25) is 5.91 Å². The molecule has 3 unspecified atom stereocenters. The number of hydrogen-bond donors (Lipinski definition) is 1. The lowest BCUT2D eigenvalue weighted by Gasteiger charge is -2.12. The molecule has 1 amide bonds. The smallest absolute Gasteiger partial charge is 0.244 e. The van der Waals surface area contributed by atoms with Crippen molar-refractivity contribution in [3.05, 3.63) is 60.2 Å². The molecular formula is C20H20N2O. The zero-order chi connectivity index (χ0) is 15.6. The fourth-order valence-corrected chi connectivity index (χ4v) is 3.86. The molecule has 3 nitrogen and oxygen atoms in total. The second-order valence-corrected chi connectivity index (χ2v) is 6.57.